The van der Waals surface area contributed by atoms with Gasteiger partial charge in [0.2, 0.25) is 0 Å². The highest BCUT2D eigenvalue weighted by molar-refractivity contribution is 6.30. The predicted octanol–water partition coefficient (Wildman–Crippen LogP) is 4.19. The van der Waals surface area contributed by atoms with E-state index in [0.717, 1.165) is 23.5 Å². The summed E-state index contributed by atoms with van der Waals surface area (Å²) in [7, 11) is 0. The molecule has 22 heavy (non-hydrogen) atoms. The highest BCUT2D eigenvalue weighted by Gasteiger charge is 2.17. The molecule has 0 amide bonds. The summed E-state index contributed by atoms with van der Waals surface area (Å²) in [5, 5.41) is 10.8. The standard InChI is InChI=1S/C18H19ClN2O/c1-3-13-4-6-14(7-5-13)10-16-18(12(2)22)21-11-15(19)8-9-17(21)20-16/h4-9,11-12,22H,3,10H2,1-2H3. The Bertz CT molecular complexity index is 791. The molecule has 0 fully saturated rings. The van der Waals surface area contributed by atoms with E-state index in [1.807, 2.05) is 16.5 Å². The Hall–Kier alpha value is -1.84. The van der Waals surface area contributed by atoms with Crippen molar-refractivity contribution in [2.45, 2.75) is 32.8 Å². The van der Waals surface area contributed by atoms with Crippen LogP contribution >= 0.6 is 11.6 Å². The number of hydrogen-bond donors (Lipinski definition) is 1. The Balaban J connectivity index is 2.03. The van der Waals surface area contributed by atoms with Crippen LogP contribution in [0.25, 0.3) is 5.65 Å². The van der Waals surface area contributed by atoms with Gasteiger partial charge in [-0.1, -0.05) is 42.8 Å². The SMILES string of the molecule is CCc1ccc(Cc2nc3ccc(Cl)cn3c2C(C)O)cc1. The molecule has 1 unspecified atom stereocenters. The molecule has 2 heterocycles. The van der Waals surface area contributed by atoms with Crippen LogP contribution in [0, 0.1) is 0 Å². The van der Waals surface area contributed by atoms with Crippen LogP contribution in [0.1, 0.15) is 42.5 Å². The van der Waals surface area contributed by atoms with E-state index in [1.165, 1.54) is 11.1 Å². The van der Waals surface area contributed by atoms with Crippen molar-refractivity contribution in [2.24, 2.45) is 0 Å². The molecule has 0 spiro atoms. The van der Waals surface area contributed by atoms with Gasteiger partial charge in [0.25, 0.3) is 0 Å². The molecule has 3 aromatic rings. The molecule has 0 bridgehead atoms. The van der Waals surface area contributed by atoms with Gasteiger partial charge in [-0.3, -0.25) is 4.40 Å². The number of aliphatic hydroxyl groups is 1. The van der Waals surface area contributed by atoms with Gasteiger partial charge in [0.05, 0.1) is 22.5 Å². The minimum absolute atomic E-state index is 0.599. The highest BCUT2D eigenvalue weighted by Crippen LogP contribution is 2.24. The van der Waals surface area contributed by atoms with Gasteiger partial charge in [-0.2, -0.15) is 0 Å². The number of aromatic nitrogens is 2. The lowest BCUT2D eigenvalue weighted by Crippen LogP contribution is -2.02. The van der Waals surface area contributed by atoms with Crippen LogP contribution in [0.15, 0.2) is 42.6 Å². The van der Waals surface area contributed by atoms with Gasteiger partial charge in [-0.25, -0.2) is 4.98 Å². The number of aliphatic hydroxyl groups excluding tert-OH is 1. The molecule has 1 N–H and O–H groups in total. The van der Waals surface area contributed by atoms with Crippen molar-refractivity contribution in [3.8, 4) is 0 Å². The van der Waals surface area contributed by atoms with E-state index < -0.39 is 6.10 Å². The Morgan fingerprint density at radius 2 is 1.82 bits per heavy atom. The largest absolute Gasteiger partial charge is 0.387 e. The first-order chi connectivity index (χ1) is 10.6. The van der Waals surface area contributed by atoms with Crippen LogP contribution in [0.4, 0.5) is 0 Å². The molecule has 0 radical (unpaired) electrons. The summed E-state index contributed by atoms with van der Waals surface area (Å²) in [6, 6.07) is 12.2. The molecule has 0 aliphatic carbocycles. The number of aryl methyl sites for hydroxylation is 1. The third kappa shape index (κ3) is 2.87. The number of hydrogen-bond acceptors (Lipinski definition) is 2. The maximum absolute atomic E-state index is 10.1. The maximum Gasteiger partial charge on any atom is 0.137 e. The van der Waals surface area contributed by atoms with Gasteiger partial charge in [0, 0.05) is 12.6 Å². The molecule has 1 atom stereocenters. The Morgan fingerprint density at radius 3 is 2.45 bits per heavy atom. The Labute approximate surface area is 135 Å². The van der Waals surface area contributed by atoms with Crippen LogP contribution < -0.4 is 0 Å². The second-order valence-corrected chi connectivity index (χ2v) is 5.98. The van der Waals surface area contributed by atoms with Crippen molar-refractivity contribution < 1.29 is 5.11 Å². The summed E-state index contributed by atoms with van der Waals surface area (Å²) in [5.74, 6) is 0. The van der Waals surface area contributed by atoms with E-state index in [2.05, 4.69) is 36.2 Å². The number of nitrogens with zero attached hydrogens (tertiary/aromatic N) is 2. The fourth-order valence-electron chi connectivity index (χ4n) is 2.74. The zero-order valence-electron chi connectivity index (χ0n) is 12.8. The fraction of sp³-hybridized carbons (Fsp3) is 0.278. The molecule has 0 aliphatic rings. The number of fused-ring (bicyclic) bond motifs is 1. The third-order valence-electron chi connectivity index (χ3n) is 3.89. The maximum atomic E-state index is 10.1. The van der Waals surface area contributed by atoms with E-state index in [0.29, 0.717) is 11.4 Å². The highest BCUT2D eigenvalue weighted by atomic mass is 35.5. The second kappa shape index (κ2) is 6.11. The molecular formula is C18H19ClN2O. The molecule has 114 valence electrons. The van der Waals surface area contributed by atoms with Crippen molar-refractivity contribution in [1.29, 1.82) is 0 Å². The lowest BCUT2D eigenvalue weighted by Gasteiger charge is -2.08. The first-order valence-corrected chi connectivity index (χ1v) is 7.88. The van der Waals surface area contributed by atoms with Gasteiger partial charge >= 0.3 is 0 Å². The van der Waals surface area contributed by atoms with Gasteiger partial charge in [-0.05, 0) is 36.6 Å². The van der Waals surface area contributed by atoms with Gasteiger partial charge < -0.3 is 5.11 Å². The van der Waals surface area contributed by atoms with Crippen molar-refractivity contribution in [2.75, 3.05) is 0 Å². The topological polar surface area (TPSA) is 37.5 Å². The molecule has 0 saturated heterocycles. The molecule has 3 rings (SSSR count). The summed E-state index contributed by atoms with van der Waals surface area (Å²) in [6.07, 6.45) is 2.93. The summed E-state index contributed by atoms with van der Waals surface area (Å²) < 4.78 is 1.88. The van der Waals surface area contributed by atoms with Crippen molar-refractivity contribution in [1.82, 2.24) is 9.38 Å². The number of imidazole rings is 1. The first kappa shape index (κ1) is 15.1. The summed E-state index contributed by atoms with van der Waals surface area (Å²) >= 11 is 6.07. The average molecular weight is 315 g/mol. The van der Waals surface area contributed by atoms with E-state index >= 15 is 0 Å². The van der Waals surface area contributed by atoms with Crippen LogP contribution in [-0.2, 0) is 12.8 Å². The van der Waals surface area contributed by atoms with Crippen molar-refractivity contribution in [3.05, 3.63) is 70.1 Å². The third-order valence-corrected chi connectivity index (χ3v) is 4.12. The summed E-state index contributed by atoms with van der Waals surface area (Å²) in [6.45, 7) is 3.90. The predicted molar refractivity (Wildman–Crippen MR) is 89.5 cm³/mol. The van der Waals surface area contributed by atoms with E-state index in [9.17, 15) is 5.11 Å². The molecule has 3 nitrogen and oxygen atoms in total. The van der Waals surface area contributed by atoms with Crippen LogP contribution in [-0.4, -0.2) is 14.5 Å². The van der Waals surface area contributed by atoms with Crippen LogP contribution in [0.2, 0.25) is 5.02 Å². The van der Waals surface area contributed by atoms with Crippen molar-refractivity contribution in [3.63, 3.8) is 0 Å². The number of rotatable bonds is 4. The van der Waals surface area contributed by atoms with Gasteiger partial charge in [0.15, 0.2) is 0 Å². The number of benzene rings is 1. The van der Waals surface area contributed by atoms with E-state index in [-0.39, 0.29) is 0 Å². The van der Waals surface area contributed by atoms with Crippen LogP contribution in [0.5, 0.6) is 0 Å². The van der Waals surface area contributed by atoms with E-state index in [1.54, 1.807) is 13.1 Å². The second-order valence-electron chi connectivity index (χ2n) is 5.54. The fourth-order valence-corrected chi connectivity index (χ4v) is 2.90. The van der Waals surface area contributed by atoms with Crippen molar-refractivity contribution >= 4 is 17.2 Å². The minimum atomic E-state index is -0.599. The quantitative estimate of drug-likeness (QED) is 0.784. The van der Waals surface area contributed by atoms with Crippen LogP contribution in [0.3, 0.4) is 0 Å². The number of pyridine rings is 1. The first-order valence-electron chi connectivity index (χ1n) is 7.50. The molecule has 0 saturated carbocycles. The molecule has 0 aliphatic heterocycles. The molecule has 1 aromatic carbocycles. The lowest BCUT2D eigenvalue weighted by molar-refractivity contribution is 0.192. The monoisotopic (exact) mass is 314 g/mol. The summed E-state index contributed by atoms with van der Waals surface area (Å²) in [4.78, 5) is 4.66. The summed E-state index contributed by atoms with van der Waals surface area (Å²) in [5.41, 5.74) is 5.01. The lowest BCUT2D eigenvalue weighted by atomic mass is 10.0. The Morgan fingerprint density at radius 1 is 1.14 bits per heavy atom. The molecule has 4 heteroatoms. The van der Waals surface area contributed by atoms with Gasteiger partial charge in [-0.15, -0.1) is 0 Å². The van der Waals surface area contributed by atoms with Gasteiger partial charge in [0.1, 0.15) is 5.65 Å². The zero-order valence-corrected chi connectivity index (χ0v) is 13.5. The zero-order chi connectivity index (χ0) is 15.7. The van der Waals surface area contributed by atoms with E-state index in [4.69, 9.17) is 11.6 Å². The average Bonchev–Trinajstić information content (AvgIpc) is 2.85. The smallest absolute Gasteiger partial charge is 0.137 e. The Kier molecular flexibility index (Phi) is 4.19. The molecule has 2 aromatic heterocycles. The minimum Gasteiger partial charge on any atom is -0.387 e. The normalized spacial score (nSPS) is 12.7. The molecular weight excluding hydrogens is 296 g/mol. The number of halogens is 1.